The number of carbonyl (C=O) groups is 2. The first kappa shape index (κ1) is 26.1. The van der Waals surface area contributed by atoms with Crippen molar-refractivity contribution >= 4 is 17.9 Å². The molecule has 3 aliphatic rings. The maximum atomic E-state index is 13.9. The van der Waals surface area contributed by atoms with Gasteiger partial charge in [-0.3, -0.25) is 4.79 Å². The number of nitrogens with zero attached hydrogens (tertiary/aromatic N) is 2. The third kappa shape index (κ3) is 5.51. The Morgan fingerprint density at radius 2 is 1.76 bits per heavy atom. The van der Waals surface area contributed by atoms with E-state index in [1.165, 1.54) is 12.1 Å². The van der Waals surface area contributed by atoms with Crippen LogP contribution in [-0.2, 0) is 9.53 Å². The summed E-state index contributed by atoms with van der Waals surface area (Å²) in [6.45, 7) is 4.94. The van der Waals surface area contributed by atoms with Gasteiger partial charge in [-0.25, -0.2) is 8.78 Å². The van der Waals surface area contributed by atoms with Crippen LogP contribution in [-0.4, -0.2) is 72.6 Å². The van der Waals surface area contributed by atoms with Gasteiger partial charge in [0.25, 0.3) is 5.91 Å². The van der Waals surface area contributed by atoms with Gasteiger partial charge in [-0.1, -0.05) is 0 Å². The van der Waals surface area contributed by atoms with E-state index >= 15 is 0 Å². The van der Waals surface area contributed by atoms with E-state index in [9.17, 15) is 23.5 Å². The molecule has 2 aromatic carbocycles. The Hall–Kier alpha value is -3.50. The molecule has 10 heteroatoms. The van der Waals surface area contributed by atoms with Crippen LogP contribution < -0.4 is 10.1 Å². The highest BCUT2D eigenvalue weighted by atomic mass is 19.1. The van der Waals surface area contributed by atoms with Crippen LogP contribution in [0, 0.1) is 11.6 Å². The van der Waals surface area contributed by atoms with Crippen molar-refractivity contribution in [1.82, 2.24) is 9.80 Å². The molecule has 0 aliphatic carbocycles. The molecule has 8 nitrogen and oxygen atoms in total. The van der Waals surface area contributed by atoms with E-state index in [0.29, 0.717) is 80.6 Å². The molecule has 0 aromatic heterocycles. The second-order valence-electron chi connectivity index (χ2n) is 9.90. The van der Waals surface area contributed by atoms with Crippen LogP contribution in [0.4, 0.5) is 14.5 Å². The molecule has 1 amide bonds. The summed E-state index contributed by atoms with van der Waals surface area (Å²) in [6, 6.07) is 6.04. The molecule has 0 spiro atoms. The van der Waals surface area contributed by atoms with Crippen molar-refractivity contribution in [2.24, 2.45) is 0 Å². The number of likely N-dealkylation sites (tertiary alicyclic amines) is 1. The van der Waals surface area contributed by atoms with Crippen molar-refractivity contribution in [3.8, 4) is 5.75 Å². The number of aliphatic hydroxyl groups is 1. The van der Waals surface area contributed by atoms with Gasteiger partial charge in [0, 0.05) is 54.6 Å². The number of ether oxygens (including phenoxy) is 2. The SMILES string of the molecule is CC(Nc1cc(F)cc(F)c1)c1cc(C(=O)N2CCC(O)CC2)cc2c1OC(N1CCOCC1)=CC2C=O. The van der Waals surface area contributed by atoms with Crippen LogP contribution in [0.1, 0.15) is 53.2 Å². The number of hydrogen-bond acceptors (Lipinski definition) is 7. The Labute approximate surface area is 219 Å². The zero-order valence-corrected chi connectivity index (χ0v) is 21.2. The third-order valence-corrected chi connectivity index (χ3v) is 7.21. The van der Waals surface area contributed by atoms with Crippen LogP contribution in [0.5, 0.6) is 5.75 Å². The molecule has 5 rings (SSSR count). The van der Waals surface area contributed by atoms with E-state index < -0.39 is 29.7 Å². The fraction of sp³-hybridized carbons (Fsp3) is 0.429. The van der Waals surface area contributed by atoms with Crippen molar-refractivity contribution in [3.63, 3.8) is 0 Å². The first-order chi connectivity index (χ1) is 18.3. The molecule has 3 aliphatic heterocycles. The van der Waals surface area contributed by atoms with Gasteiger partial charge in [-0.05, 0) is 50.1 Å². The molecule has 2 atom stereocenters. The summed E-state index contributed by atoms with van der Waals surface area (Å²) in [6.07, 6.45) is 3.13. The summed E-state index contributed by atoms with van der Waals surface area (Å²) >= 11 is 0. The van der Waals surface area contributed by atoms with Crippen molar-refractivity contribution in [1.29, 1.82) is 0 Å². The maximum Gasteiger partial charge on any atom is 0.253 e. The standard InChI is InChI=1S/C28H31F2N3O5/c1-17(31-22-14-20(29)13-21(30)15-22)24-10-18(28(36)33-4-2-23(35)3-5-33)11-25-19(16-34)12-26(38-27(24)25)32-6-8-37-9-7-32/h10-17,19,23,31,35H,2-9H2,1H3. The zero-order chi connectivity index (χ0) is 26.8. The summed E-state index contributed by atoms with van der Waals surface area (Å²) < 4.78 is 39.6. The second-order valence-corrected chi connectivity index (χ2v) is 9.90. The first-order valence-electron chi connectivity index (χ1n) is 12.9. The van der Waals surface area contributed by atoms with Crippen LogP contribution >= 0.6 is 0 Å². The van der Waals surface area contributed by atoms with Crippen LogP contribution in [0.2, 0.25) is 0 Å². The number of hydrogen-bond donors (Lipinski definition) is 2. The molecule has 0 radical (unpaired) electrons. The number of anilines is 1. The number of halogens is 2. The Morgan fingerprint density at radius 3 is 2.42 bits per heavy atom. The van der Waals surface area contributed by atoms with Crippen molar-refractivity contribution < 1.29 is 33.0 Å². The number of aliphatic hydroxyl groups excluding tert-OH is 1. The molecule has 2 fully saturated rings. The summed E-state index contributed by atoms with van der Waals surface area (Å²) in [5.74, 6) is -1.32. The minimum atomic E-state index is -0.715. The smallest absolute Gasteiger partial charge is 0.253 e. The van der Waals surface area contributed by atoms with E-state index in [-0.39, 0.29) is 11.6 Å². The number of allylic oxidation sites excluding steroid dienone is 1. The van der Waals surface area contributed by atoms with Gasteiger partial charge in [-0.2, -0.15) is 0 Å². The van der Waals surface area contributed by atoms with E-state index in [4.69, 9.17) is 9.47 Å². The lowest BCUT2D eigenvalue weighted by Crippen LogP contribution is -2.40. The fourth-order valence-corrected chi connectivity index (χ4v) is 5.15. The number of carbonyl (C=O) groups excluding carboxylic acids is 2. The molecular weight excluding hydrogens is 496 g/mol. The zero-order valence-electron chi connectivity index (χ0n) is 21.2. The molecule has 0 saturated carbocycles. The number of fused-ring (bicyclic) bond motifs is 1. The monoisotopic (exact) mass is 527 g/mol. The van der Waals surface area contributed by atoms with Crippen molar-refractivity contribution in [3.05, 3.63) is 70.6 Å². The van der Waals surface area contributed by atoms with E-state index in [0.717, 1.165) is 12.4 Å². The van der Waals surface area contributed by atoms with Gasteiger partial charge in [0.15, 0.2) is 5.88 Å². The highest BCUT2D eigenvalue weighted by Gasteiger charge is 2.32. The normalized spacial score (nSPS) is 20.7. The largest absolute Gasteiger partial charge is 0.441 e. The van der Waals surface area contributed by atoms with Gasteiger partial charge in [-0.15, -0.1) is 0 Å². The molecule has 2 aromatic rings. The Balaban J connectivity index is 1.54. The number of amides is 1. The Kier molecular flexibility index (Phi) is 7.62. The van der Waals surface area contributed by atoms with Crippen LogP contribution in [0.15, 0.2) is 42.3 Å². The van der Waals surface area contributed by atoms with Gasteiger partial charge < -0.3 is 34.5 Å². The van der Waals surface area contributed by atoms with Crippen LogP contribution in [0.25, 0.3) is 0 Å². The quantitative estimate of drug-likeness (QED) is 0.555. The number of morpholine rings is 1. The predicted molar refractivity (Wildman–Crippen MR) is 136 cm³/mol. The number of rotatable bonds is 6. The lowest BCUT2D eigenvalue weighted by Gasteiger charge is -2.35. The lowest BCUT2D eigenvalue weighted by molar-refractivity contribution is -0.108. The van der Waals surface area contributed by atoms with Gasteiger partial charge in [0.2, 0.25) is 0 Å². The third-order valence-electron chi connectivity index (χ3n) is 7.21. The number of benzene rings is 2. The van der Waals surface area contributed by atoms with Crippen molar-refractivity contribution in [2.45, 2.75) is 37.8 Å². The number of nitrogens with one attached hydrogen (secondary N) is 1. The van der Waals surface area contributed by atoms with E-state index in [2.05, 4.69) is 5.32 Å². The highest BCUT2D eigenvalue weighted by Crippen LogP contribution is 2.42. The second kappa shape index (κ2) is 11.1. The van der Waals surface area contributed by atoms with Gasteiger partial charge in [0.1, 0.15) is 23.7 Å². The lowest BCUT2D eigenvalue weighted by atomic mass is 9.90. The molecule has 3 heterocycles. The molecule has 202 valence electrons. The number of aldehydes is 1. The minimum absolute atomic E-state index is 0.211. The van der Waals surface area contributed by atoms with E-state index in [1.54, 1.807) is 30.0 Å². The summed E-state index contributed by atoms with van der Waals surface area (Å²) in [4.78, 5) is 29.4. The minimum Gasteiger partial charge on any atom is -0.441 e. The molecule has 0 bridgehead atoms. The Morgan fingerprint density at radius 1 is 1.08 bits per heavy atom. The average Bonchev–Trinajstić information content (AvgIpc) is 2.91. The molecule has 2 saturated heterocycles. The highest BCUT2D eigenvalue weighted by molar-refractivity contribution is 5.95. The maximum absolute atomic E-state index is 13.9. The van der Waals surface area contributed by atoms with Crippen molar-refractivity contribution in [2.75, 3.05) is 44.7 Å². The van der Waals surface area contributed by atoms with E-state index in [1.807, 2.05) is 4.90 Å². The molecular formula is C28H31F2N3O5. The van der Waals surface area contributed by atoms with Crippen LogP contribution in [0.3, 0.4) is 0 Å². The fourth-order valence-electron chi connectivity index (χ4n) is 5.15. The number of piperidine rings is 1. The summed E-state index contributed by atoms with van der Waals surface area (Å²) in [5, 5.41) is 13.0. The van der Waals surface area contributed by atoms with Gasteiger partial charge >= 0.3 is 0 Å². The average molecular weight is 528 g/mol. The van der Waals surface area contributed by atoms with Gasteiger partial charge in [0.05, 0.1) is 31.3 Å². The summed E-state index contributed by atoms with van der Waals surface area (Å²) in [5.41, 5.74) is 1.75. The molecule has 38 heavy (non-hydrogen) atoms. The predicted octanol–water partition coefficient (Wildman–Crippen LogP) is 3.58. The molecule has 2 N–H and O–H groups in total. The topological polar surface area (TPSA) is 91.3 Å². The first-order valence-corrected chi connectivity index (χ1v) is 12.9. The Bertz CT molecular complexity index is 1220. The molecule has 2 unspecified atom stereocenters. The summed E-state index contributed by atoms with van der Waals surface area (Å²) in [7, 11) is 0.